The molecule has 3 heterocycles. The molecule has 3 aromatic rings. The summed E-state index contributed by atoms with van der Waals surface area (Å²) < 4.78 is 18.8. The zero-order chi connectivity index (χ0) is 14.1. The zero-order valence-electron chi connectivity index (χ0n) is 10.8. The van der Waals surface area contributed by atoms with E-state index in [-0.39, 0.29) is 11.3 Å². The second-order valence-electron chi connectivity index (χ2n) is 4.35. The van der Waals surface area contributed by atoms with Crippen LogP contribution in [0.5, 0.6) is 0 Å². The van der Waals surface area contributed by atoms with E-state index in [0.29, 0.717) is 22.0 Å². The van der Waals surface area contributed by atoms with Crippen LogP contribution in [0.2, 0.25) is 0 Å². The maximum atomic E-state index is 12.2. The number of fused-ring (bicyclic) bond motifs is 1. The van der Waals surface area contributed by atoms with Crippen molar-refractivity contribution in [2.24, 2.45) is 0 Å². The molecule has 20 heavy (non-hydrogen) atoms. The van der Waals surface area contributed by atoms with Gasteiger partial charge in [-0.1, -0.05) is 6.07 Å². The number of hydrogen-bond acceptors (Lipinski definition) is 4. The minimum absolute atomic E-state index is 0.175. The fraction of sp³-hybridized carbons (Fsp3) is 0.143. The predicted molar refractivity (Wildman–Crippen MR) is 75.0 cm³/mol. The third-order valence-electron chi connectivity index (χ3n) is 2.96. The molecule has 0 aliphatic heterocycles. The first-order chi connectivity index (χ1) is 9.65. The van der Waals surface area contributed by atoms with Crippen molar-refractivity contribution in [2.45, 2.75) is 17.6 Å². The first kappa shape index (κ1) is 12.8. The molecule has 0 N–H and O–H groups in total. The van der Waals surface area contributed by atoms with Crippen LogP contribution in [0.4, 0.5) is 0 Å². The van der Waals surface area contributed by atoms with Gasteiger partial charge in [0, 0.05) is 12.3 Å². The average molecular weight is 288 g/mol. The molecule has 0 amide bonds. The van der Waals surface area contributed by atoms with E-state index in [1.165, 1.54) is 16.7 Å². The highest BCUT2D eigenvalue weighted by atomic mass is 32.2. The fourth-order valence-corrected chi connectivity index (χ4v) is 3.15. The molecule has 0 aliphatic rings. The van der Waals surface area contributed by atoms with Crippen LogP contribution in [0.3, 0.4) is 0 Å². The first-order valence-electron chi connectivity index (χ1n) is 6.05. The summed E-state index contributed by atoms with van der Waals surface area (Å²) in [5.74, 6) is 0.821. The predicted octanol–water partition coefficient (Wildman–Crippen LogP) is 1.90. The molecule has 6 heteroatoms. The smallest absolute Gasteiger partial charge is 0.258 e. The molecule has 3 rings (SSSR count). The Morgan fingerprint density at radius 3 is 2.95 bits per heavy atom. The van der Waals surface area contributed by atoms with E-state index in [0.717, 1.165) is 0 Å². The third-order valence-corrected chi connectivity index (χ3v) is 4.43. The van der Waals surface area contributed by atoms with E-state index in [2.05, 4.69) is 4.98 Å². The number of aromatic nitrogens is 2. The Morgan fingerprint density at radius 1 is 1.35 bits per heavy atom. The summed E-state index contributed by atoms with van der Waals surface area (Å²) >= 11 is 0. The maximum Gasteiger partial charge on any atom is 0.258 e. The van der Waals surface area contributed by atoms with Crippen LogP contribution >= 0.6 is 0 Å². The van der Waals surface area contributed by atoms with Crippen LogP contribution in [0.1, 0.15) is 11.5 Å². The lowest BCUT2D eigenvalue weighted by Crippen LogP contribution is -2.15. The van der Waals surface area contributed by atoms with E-state index < -0.39 is 10.8 Å². The monoisotopic (exact) mass is 288 g/mol. The molecule has 1 unspecified atom stereocenters. The van der Waals surface area contributed by atoms with Gasteiger partial charge in [0.05, 0.1) is 33.4 Å². The number of rotatable bonds is 3. The van der Waals surface area contributed by atoms with Gasteiger partial charge in [-0.3, -0.25) is 13.4 Å². The van der Waals surface area contributed by atoms with Crippen molar-refractivity contribution in [3.05, 3.63) is 64.6 Å². The molecular formula is C14H12N2O3S. The molecule has 0 saturated carbocycles. The number of hydrogen-bond donors (Lipinski definition) is 0. The van der Waals surface area contributed by atoms with Gasteiger partial charge in [0.25, 0.3) is 5.56 Å². The molecule has 0 fully saturated rings. The van der Waals surface area contributed by atoms with E-state index in [1.54, 1.807) is 31.3 Å². The topological polar surface area (TPSA) is 64.6 Å². The Bertz CT molecular complexity index is 851. The van der Waals surface area contributed by atoms with Gasteiger partial charge in [-0.15, -0.1) is 0 Å². The molecule has 0 aliphatic carbocycles. The molecule has 102 valence electrons. The lowest BCUT2D eigenvalue weighted by Gasteiger charge is -2.03. The summed E-state index contributed by atoms with van der Waals surface area (Å²) in [6.45, 7) is 1.76. The lowest BCUT2D eigenvalue weighted by atomic mass is 10.4. The van der Waals surface area contributed by atoms with Gasteiger partial charge in [-0.25, -0.2) is 4.98 Å². The van der Waals surface area contributed by atoms with Gasteiger partial charge in [0.2, 0.25) is 0 Å². The Morgan fingerprint density at radius 2 is 2.20 bits per heavy atom. The van der Waals surface area contributed by atoms with E-state index in [4.69, 9.17) is 4.42 Å². The van der Waals surface area contributed by atoms with E-state index >= 15 is 0 Å². The molecule has 3 aromatic heterocycles. The van der Waals surface area contributed by atoms with Crippen molar-refractivity contribution >= 4 is 16.4 Å². The molecule has 5 nitrogen and oxygen atoms in total. The van der Waals surface area contributed by atoms with Crippen molar-refractivity contribution in [3.8, 4) is 0 Å². The van der Waals surface area contributed by atoms with Crippen LogP contribution in [0, 0.1) is 6.92 Å². The van der Waals surface area contributed by atoms with Gasteiger partial charge in [-0.05, 0) is 25.1 Å². The largest absolute Gasteiger partial charge is 0.468 e. The Kier molecular flexibility index (Phi) is 3.23. The van der Waals surface area contributed by atoms with Crippen LogP contribution in [0.15, 0.2) is 56.9 Å². The van der Waals surface area contributed by atoms with Crippen LogP contribution < -0.4 is 5.56 Å². The Hall–Kier alpha value is -2.21. The molecule has 0 saturated heterocycles. The standard InChI is InChI=1S/C14H12N2O3S/c1-10-12(5-7-19-10)20(18)9-11-8-14(17)16-6-3-2-4-13(16)15-11/h2-8H,9H2,1H3. The number of furan rings is 1. The second kappa shape index (κ2) is 5.05. The van der Waals surface area contributed by atoms with Crippen LogP contribution in [-0.2, 0) is 16.6 Å². The maximum absolute atomic E-state index is 12.2. The molecular weight excluding hydrogens is 276 g/mol. The van der Waals surface area contributed by atoms with Crippen molar-refractivity contribution in [2.75, 3.05) is 0 Å². The van der Waals surface area contributed by atoms with Crippen molar-refractivity contribution in [3.63, 3.8) is 0 Å². The van der Waals surface area contributed by atoms with Crippen LogP contribution in [0.25, 0.3) is 5.65 Å². The summed E-state index contributed by atoms with van der Waals surface area (Å²) in [7, 11) is -1.27. The lowest BCUT2D eigenvalue weighted by molar-refractivity contribution is 0.526. The Labute approximate surface area is 117 Å². The zero-order valence-corrected chi connectivity index (χ0v) is 11.6. The van der Waals surface area contributed by atoms with Crippen LogP contribution in [-0.4, -0.2) is 13.6 Å². The number of pyridine rings is 1. The summed E-state index contributed by atoms with van der Waals surface area (Å²) in [5.41, 5.74) is 0.891. The average Bonchev–Trinajstić information content (AvgIpc) is 2.85. The van der Waals surface area contributed by atoms with Gasteiger partial charge >= 0.3 is 0 Å². The summed E-state index contributed by atoms with van der Waals surface area (Å²) in [6, 6.07) is 8.42. The molecule has 1 atom stereocenters. The molecule has 0 aromatic carbocycles. The molecule has 0 bridgehead atoms. The van der Waals surface area contributed by atoms with Crippen molar-refractivity contribution in [1.29, 1.82) is 0 Å². The van der Waals surface area contributed by atoms with Crippen molar-refractivity contribution < 1.29 is 8.63 Å². The Balaban J connectivity index is 1.98. The van der Waals surface area contributed by atoms with Gasteiger partial charge < -0.3 is 4.42 Å². The normalized spacial score (nSPS) is 12.7. The third kappa shape index (κ3) is 2.30. The number of nitrogens with zero attached hydrogens (tertiary/aromatic N) is 2. The summed E-state index contributed by atoms with van der Waals surface area (Å²) in [6.07, 6.45) is 3.16. The van der Waals surface area contributed by atoms with E-state index in [1.807, 2.05) is 6.07 Å². The summed E-state index contributed by atoms with van der Waals surface area (Å²) in [5, 5.41) is 0. The SMILES string of the molecule is Cc1occc1S(=O)Cc1cc(=O)n2ccccc2n1. The molecule has 0 radical (unpaired) electrons. The first-order valence-corrected chi connectivity index (χ1v) is 7.37. The number of aryl methyl sites for hydroxylation is 1. The van der Waals surface area contributed by atoms with Gasteiger partial charge in [0.15, 0.2) is 0 Å². The second-order valence-corrected chi connectivity index (χ2v) is 5.76. The van der Waals surface area contributed by atoms with Crippen molar-refractivity contribution in [1.82, 2.24) is 9.38 Å². The highest BCUT2D eigenvalue weighted by Crippen LogP contribution is 2.16. The minimum Gasteiger partial charge on any atom is -0.468 e. The summed E-state index contributed by atoms with van der Waals surface area (Å²) in [4.78, 5) is 16.9. The highest BCUT2D eigenvalue weighted by Gasteiger charge is 2.12. The molecule has 0 spiro atoms. The van der Waals surface area contributed by atoms with Gasteiger partial charge in [-0.2, -0.15) is 0 Å². The van der Waals surface area contributed by atoms with E-state index in [9.17, 15) is 9.00 Å². The highest BCUT2D eigenvalue weighted by molar-refractivity contribution is 7.84. The van der Waals surface area contributed by atoms with Gasteiger partial charge in [0.1, 0.15) is 11.4 Å². The fourth-order valence-electron chi connectivity index (χ4n) is 2.00. The minimum atomic E-state index is -1.27. The quantitative estimate of drug-likeness (QED) is 0.738.